The van der Waals surface area contributed by atoms with Crippen LogP contribution in [0.4, 0.5) is 0 Å². The molecule has 0 aromatic carbocycles. The molecule has 6 heteroatoms. The summed E-state index contributed by atoms with van der Waals surface area (Å²) in [5, 5.41) is 0. The highest BCUT2D eigenvalue weighted by Crippen LogP contribution is 2.27. The zero-order chi connectivity index (χ0) is 15.0. The first kappa shape index (κ1) is 14.5. The van der Waals surface area contributed by atoms with Crippen LogP contribution in [0, 0.1) is 13.8 Å². The summed E-state index contributed by atoms with van der Waals surface area (Å²) >= 11 is 1.62. The lowest BCUT2D eigenvalue weighted by Gasteiger charge is -2.14. The predicted molar refractivity (Wildman–Crippen MR) is 78.9 cm³/mol. The molecule has 20 heavy (non-hydrogen) atoms. The lowest BCUT2D eigenvalue weighted by Crippen LogP contribution is -2.39. The van der Waals surface area contributed by atoms with Crippen LogP contribution in [-0.2, 0) is 0 Å². The molecular weight excluding hydrogens is 276 g/mol. The van der Waals surface area contributed by atoms with Crippen molar-refractivity contribution in [3.05, 3.63) is 54.0 Å². The second-order valence-electron chi connectivity index (χ2n) is 4.78. The van der Waals surface area contributed by atoms with Crippen molar-refractivity contribution in [1.29, 1.82) is 0 Å². The maximum absolute atomic E-state index is 12.3. The maximum atomic E-state index is 12.3. The standard InChI is InChI=1S/C14H16N2O3S/c1-7-5-11(10(4)20-7)8(2)16-13(18)12(9(3)17)6-15-14(16)19/h5-6,8H,1-4H3,(H,15,19). The molecule has 1 atom stereocenters. The smallest absolute Gasteiger partial charge is 0.313 e. The largest absolute Gasteiger partial charge is 0.328 e. The fraction of sp³-hybridized carbons (Fsp3) is 0.357. The lowest BCUT2D eigenvalue weighted by molar-refractivity contribution is 0.101. The number of Topliss-reactive ketones (excluding diaryl/α,β-unsaturated/α-hetero) is 1. The van der Waals surface area contributed by atoms with Gasteiger partial charge in [-0.15, -0.1) is 11.3 Å². The minimum Gasteiger partial charge on any atom is -0.313 e. The minimum absolute atomic E-state index is 0.000976. The number of aryl methyl sites for hydroxylation is 2. The number of thiophene rings is 1. The van der Waals surface area contributed by atoms with Crippen molar-refractivity contribution in [2.75, 3.05) is 0 Å². The fourth-order valence-corrected chi connectivity index (χ4v) is 3.31. The second-order valence-corrected chi connectivity index (χ2v) is 6.24. The highest BCUT2D eigenvalue weighted by Gasteiger charge is 2.19. The average Bonchev–Trinajstić information content (AvgIpc) is 2.67. The van der Waals surface area contributed by atoms with Crippen molar-refractivity contribution in [3.63, 3.8) is 0 Å². The first-order valence-electron chi connectivity index (χ1n) is 6.25. The molecule has 0 aliphatic carbocycles. The number of aromatic nitrogens is 2. The number of H-pyrrole nitrogens is 1. The second kappa shape index (κ2) is 5.20. The number of nitrogens with zero attached hydrogens (tertiary/aromatic N) is 1. The first-order chi connectivity index (χ1) is 9.32. The quantitative estimate of drug-likeness (QED) is 0.880. The topological polar surface area (TPSA) is 71.9 Å². The normalized spacial score (nSPS) is 12.4. The molecule has 0 saturated carbocycles. The van der Waals surface area contributed by atoms with Gasteiger partial charge in [0.25, 0.3) is 5.56 Å². The summed E-state index contributed by atoms with van der Waals surface area (Å²) in [6.07, 6.45) is 1.18. The van der Waals surface area contributed by atoms with E-state index in [1.807, 2.05) is 19.9 Å². The number of carbonyl (C=O) groups is 1. The Hall–Kier alpha value is -1.95. The Morgan fingerprint density at radius 2 is 2.00 bits per heavy atom. The molecule has 2 aromatic rings. The van der Waals surface area contributed by atoms with E-state index in [1.165, 1.54) is 13.1 Å². The van der Waals surface area contributed by atoms with E-state index in [2.05, 4.69) is 4.98 Å². The SMILES string of the molecule is CC(=O)c1c[nH]c(=O)n(C(C)c2cc(C)sc2C)c1=O. The van der Waals surface area contributed by atoms with Crippen molar-refractivity contribution in [1.82, 2.24) is 9.55 Å². The lowest BCUT2D eigenvalue weighted by atomic mass is 10.1. The van der Waals surface area contributed by atoms with Gasteiger partial charge in [-0.3, -0.25) is 14.2 Å². The molecule has 2 rings (SSSR count). The molecule has 0 radical (unpaired) electrons. The van der Waals surface area contributed by atoms with Crippen LogP contribution >= 0.6 is 11.3 Å². The first-order valence-corrected chi connectivity index (χ1v) is 7.06. The molecule has 0 bridgehead atoms. The van der Waals surface area contributed by atoms with Crippen LogP contribution in [0.15, 0.2) is 21.9 Å². The summed E-state index contributed by atoms with van der Waals surface area (Å²) in [4.78, 5) is 40.3. The van der Waals surface area contributed by atoms with Gasteiger partial charge in [-0.25, -0.2) is 4.79 Å². The molecule has 1 unspecified atom stereocenters. The Morgan fingerprint density at radius 1 is 1.35 bits per heavy atom. The average molecular weight is 292 g/mol. The van der Waals surface area contributed by atoms with E-state index in [4.69, 9.17) is 0 Å². The predicted octanol–water partition coefficient (Wildman–Crippen LogP) is 2.03. The Labute approximate surface area is 119 Å². The molecule has 0 aliphatic heterocycles. The summed E-state index contributed by atoms with van der Waals surface area (Å²) in [6.45, 7) is 7.03. The van der Waals surface area contributed by atoms with E-state index >= 15 is 0 Å². The highest BCUT2D eigenvalue weighted by atomic mass is 32.1. The zero-order valence-corrected chi connectivity index (χ0v) is 12.6. The van der Waals surface area contributed by atoms with Gasteiger partial charge in [0.05, 0.1) is 11.6 Å². The fourth-order valence-electron chi connectivity index (χ4n) is 2.30. The van der Waals surface area contributed by atoms with Crippen LogP contribution in [0.5, 0.6) is 0 Å². The molecule has 0 fully saturated rings. The van der Waals surface area contributed by atoms with Crippen molar-refractivity contribution >= 4 is 17.1 Å². The summed E-state index contributed by atoms with van der Waals surface area (Å²) in [7, 11) is 0. The molecule has 0 saturated heterocycles. The Bertz CT molecular complexity index is 782. The van der Waals surface area contributed by atoms with Gasteiger partial charge >= 0.3 is 5.69 Å². The van der Waals surface area contributed by atoms with E-state index in [0.717, 1.165) is 19.9 Å². The van der Waals surface area contributed by atoms with Crippen molar-refractivity contribution in [2.45, 2.75) is 33.7 Å². The third kappa shape index (κ3) is 2.38. The number of nitrogens with one attached hydrogen (secondary N) is 1. The van der Waals surface area contributed by atoms with Gasteiger partial charge in [0.2, 0.25) is 0 Å². The minimum atomic E-state index is -0.544. The Balaban J connectivity index is 2.66. The number of carbonyl (C=O) groups excluding carboxylic acids is 1. The third-order valence-corrected chi connectivity index (χ3v) is 4.29. The highest BCUT2D eigenvalue weighted by molar-refractivity contribution is 7.12. The summed E-state index contributed by atoms with van der Waals surface area (Å²) in [6, 6.07) is 1.56. The summed E-state index contributed by atoms with van der Waals surface area (Å²) in [5.41, 5.74) is -0.116. The summed E-state index contributed by atoms with van der Waals surface area (Å²) in [5.74, 6) is -0.356. The van der Waals surface area contributed by atoms with Gasteiger partial charge in [0, 0.05) is 16.0 Å². The molecule has 106 valence electrons. The molecule has 2 aromatic heterocycles. The number of ketones is 1. The molecule has 0 amide bonds. The van der Waals surface area contributed by atoms with Crippen LogP contribution in [0.1, 0.15) is 45.6 Å². The zero-order valence-electron chi connectivity index (χ0n) is 11.8. The van der Waals surface area contributed by atoms with Crippen molar-refractivity contribution in [2.24, 2.45) is 0 Å². The van der Waals surface area contributed by atoms with Gasteiger partial charge in [0.15, 0.2) is 5.78 Å². The Kier molecular flexibility index (Phi) is 3.76. The van der Waals surface area contributed by atoms with Gasteiger partial charge < -0.3 is 4.98 Å². The number of aromatic amines is 1. The van der Waals surface area contributed by atoms with Gasteiger partial charge in [-0.1, -0.05) is 0 Å². The number of rotatable bonds is 3. The van der Waals surface area contributed by atoms with Crippen LogP contribution in [0.3, 0.4) is 0 Å². The molecule has 1 N–H and O–H groups in total. The van der Waals surface area contributed by atoms with E-state index in [-0.39, 0.29) is 11.3 Å². The monoisotopic (exact) mass is 292 g/mol. The number of hydrogen-bond donors (Lipinski definition) is 1. The van der Waals surface area contributed by atoms with E-state index in [0.29, 0.717) is 0 Å². The van der Waals surface area contributed by atoms with E-state index in [1.54, 1.807) is 18.3 Å². The van der Waals surface area contributed by atoms with Crippen LogP contribution in [-0.4, -0.2) is 15.3 Å². The van der Waals surface area contributed by atoms with Crippen molar-refractivity contribution in [3.8, 4) is 0 Å². The van der Waals surface area contributed by atoms with Crippen LogP contribution in [0.25, 0.3) is 0 Å². The molecule has 2 heterocycles. The molecule has 0 aliphatic rings. The van der Waals surface area contributed by atoms with Crippen LogP contribution < -0.4 is 11.2 Å². The molecule has 0 spiro atoms. The maximum Gasteiger partial charge on any atom is 0.328 e. The number of hydrogen-bond acceptors (Lipinski definition) is 4. The van der Waals surface area contributed by atoms with E-state index < -0.39 is 17.3 Å². The molecular formula is C14H16N2O3S. The Morgan fingerprint density at radius 3 is 2.50 bits per heavy atom. The van der Waals surface area contributed by atoms with E-state index in [9.17, 15) is 14.4 Å². The summed E-state index contributed by atoms with van der Waals surface area (Å²) < 4.78 is 1.10. The van der Waals surface area contributed by atoms with Gasteiger partial charge in [-0.05, 0) is 39.3 Å². The van der Waals surface area contributed by atoms with Gasteiger partial charge in [-0.2, -0.15) is 0 Å². The van der Waals surface area contributed by atoms with Gasteiger partial charge in [0.1, 0.15) is 0 Å². The van der Waals surface area contributed by atoms with Crippen LogP contribution in [0.2, 0.25) is 0 Å². The third-order valence-electron chi connectivity index (χ3n) is 3.30. The molecule has 5 nitrogen and oxygen atoms in total. The van der Waals surface area contributed by atoms with Crippen molar-refractivity contribution < 1.29 is 4.79 Å².